The summed E-state index contributed by atoms with van der Waals surface area (Å²) in [5.74, 6) is 1.94. The van der Waals surface area contributed by atoms with Crippen molar-refractivity contribution >= 4 is 5.82 Å². The Morgan fingerprint density at radius 1 is 1.37 bits per heavy atom. The van der Waals surface area contributed by atoms with E-state index in [0.29, 0.717) is 0 Å². The zero-order valence-corrected chi connectivity index (χ0v) is 11.6. The predicted octanol–water partition coefficient (Wildman–Crippen LogP) is 1.49. The lowest BCUT2D eigenvalue weighted by molar-refractivity contribution is 0.205. The summed E-state index contributed by atoms with van der Waals surface area (Å²) in [7, 11) is 2.04. The first-order chi connectivity index (χ1) is 9.28. The lowest BCUT2D eigenvalue weighted by atomic mass is 10.1. The average molecular weight is 261 g/mol. The molecule has 0 bridgehead atoms. The summed E-state index contributed by atoms with van der Waals surface area (Å²) in [6, 6.07) is 4.35. The minimum Gasteiger partial charge on any atom is -0.394 e. The molecule has 1 aromatic rings. The molecule has 0 aromatic carbocycles. The highest BCUT2D eigenvalue weighted by Crippen LogP contribution is 2.32. The van der Waals surface area contributed by atoms with Crippen LogP contribution >= 0.6 is 0 Å². The van der Waals surface area contributed by atoms with Crippen molar-refractivity contribution in [3.63, 3.8) is 0 Å². The lowest BCUT2D eigenvalue weighted by Crippen LogP contribution is -2.42. The van der Waals surface area contributed by atoms with E-state index in [1.807, 2.05) is 19.3 Å². The molecule has 2 aliphatic rings. The van der Waals surface area contributed by atoms with Crippen LogP contribution in [0, 0.1) is 5.92 Å². The summed E-state index contributed by atoms with van der Waals surface area (Å²) in [4.78, 5) is 9.20. The van der Waals surface area contributed by atoms with Crippen molar-refractivity contribution in [2.45, 2.75) is 31.8 Å². The van der Waals surface area contributed by atoms with Crippen molar-refractivity contribution in [3.8, 4) is 0 Å². The molecular weight excluding hydrogens is 238 g/mol. The van der Waals surface area contributed by atoms with Gasteiger partial charge in [0.25, 0.3) is 0 Å². The van der Waals surface area contributed by atoms with Gasteiger partial charge in [-0.1, -0.05) is 6.07 Å². The van der Waals surface area contributed by atoms with Crippen LogP contribution in [0.25, 0.3) is 0 Å². The normalized spacial score (nSPS) is 24.7. The van der Waals surface area contributed by atoms with Crippen molar-refractivity contribution in [3.05, 3.63) is 23.9 Å². The molecule has 0 radical (unpaired) electrons. The lowest BCUT2D eigenvalue weighted by Gasteiger charge is -2.35. The number of aliphatic hydroxyl groups is 1. The first-order valence-corrected chi connectivity index (χ1v) is 7.28. The van der Waals surface area contributed by atoms with Crippen molar-refractivity contribution in [1.82, 2.24) is 9.88 Å². The van der Waals surface area contributed by atoms with Gasteiger partial charge in [-0.25, -0.2) is 4.98 Å². The van der Waals surface area contributed by atoms with E-state index in [0.717, 1.165) is 31.2 Å². The van der Waals surface area contributed by atoms with E-state index in [9.17, 15) is 5.11 Å². The molecule has 1 unspecified atom stereocenters. The van der Waals surface area contributed by atoms with Gasteiger partial charge in [-0.15, -0.1) is 0 Å². The van der Waals surface area contributed by atoms with Crippen LogP contribution in [0.4, 0.5) is 5.82 Å². The van der Waals surface area contributed by atoms with E-state index in [-0.39, 0.29) is 12.6 Å². The summed E-state index contributed by atoms with van der Waals surface area (Å²) in [5.41, 5.74) is 1.28. The second-order valence-electron chi connectivity index (χ2n) is 5.90. The number of nitrogens with zero attached hydrogens (tertiary/aromatic N) is 3. The molecule has 4 heteroatoms. The van der Waals surface area contributed by atoms with E-state index in [1.165, 1.54) is 24.9 Å². The van der Waals surface area contributed by atoms with Gasteiger partial charge in [-0.2, -0.15) is 0 Å². The highest BCUT2D eigenvalue weighted by molar-refractivity contribution is 5.47. The number of fused-ring (bicyclic) bond motifs is 1. The smallest absolute Gasteiger partial charge is 0.133 e. The maximum absolute atomic E-state index is 9.60. The van der Waals surface area contributed by atoms with E-state index in [4.69, 9.17) is 0 Å². The number of rotatable bonds is 3. The zero-order chi connectivity index (χ0) is 13.2. The number of hydrogen-bond donors (Lipinski definition) is 1. The molecule has 1 saturated carbocycles. The van der Waals surface area contributed by atoms with Gasteiger partial charge in [-0.3, -0.25) is 4.90 Å². The van der Waals surface area contributed by atoms with E-state index in [2.05, 4.69) is 20.9 Å². The fourth-order valence-corrected chi connectivity index (χ4v) is 2.92. The Hall–Kier alpha value is -1.13. The molecule has 2 heterocycles. The molecule has 104 valence electrons. The maximum atomic E-state index is 9.60. The van der Waals surface area contributed by atoms with E-state index < -0.39 is 0 Å². The molecule has 0 saturated heterocycles. The molecule has 0 spiro atoms. The number of hydrogen-bond acceptors (Lipinski definition) is 4. The Bertz CT molecular complexity index is 433. The third kappa shape index (κ3) is 2.90. The summed E-state index contributed by atoms with van der Waals surface area (Å²) >= 11 is 0. The summed E-state index contributed by atoms with van der Waals surface area (Å²) in [5, 5.41) is 9.60. The van der Waals surface area contributed by atoms with Gasteiger partial charge in [0.15, 0.2) is 0 Å². The van der Waals surface area contributed by atoms with Crippen molar-refractivity contribution in [2.24, 2.45) is 5.92 Å². The molecule has 1 N–H and O–H groups in total. The first kappa shape index (κ1) is 12.9. The van der Waals surface area contributed by atoms with Crippen LogP contribution in [0.15, 0.2) is 18.3 Å². The van der Waals surface area contributed by atoms with Crippen molar-refractivity contribution < 1.29 is 5.11 Å². The SMILES string of the molecule is CN1c2ncccc2CN(CC2CC2)CCC1CO. The molecule has 4 nitrogen and oxygen atoms in total. The van der Waals surface area contributed by atoms with Gasteiger partial charge < -0.3 is 10.0 Å². The summed E-state index contributed by atoms with van der Waals surface area (Å²) < 4.78 is 0. The molecule has 1 aromatic heterocycles. The van der Waals surface area contributed by atoms with Crippen LogP contribution in [-0.4, -0.2) is 47.8 Å². The minimum atomic E-state index is 0.177. The third-order valence-corrected chi connectivity index (χ3v) is 4.35. The summed E-state index contributed by atoms with van der Waals surface area (Å²) in [6.07, 6.45) is 5.63. The van der Waals surface area contributed by atoms with Crippen LogP contribution in [0.2, 0.25) is 0 Å². The Labute approximate surface area is 115 Å². The molecular formula is C15H23N3O. The number of pyridine rings is 1. The molecule has 3 rings (SSSR count). The average Bonchev–Trinajstić information content (AvgIpc) is 3.22. The number of aliphatic hydroxyl groups excluding tert-OH is 1. The summed E-state index contributed by atoms with van der Waals surface area (Å²) in [6.45, 7) is 3.46. The highest BCUT2D eigenvalue weighted by atomic mass is 16.3. The standard InChI is InChI=1S/C15H23N3O/c1-17-14(11-19)6-8-18(9-12-4-5-12)10-13-3-2-7-16-15(13)17/h2-3,7,12,14,19H,4-6,8-11H2,1H3. The molecule has 1 atom stereocenters. The van der Waals surface area contributed by atoms with Crippen LogP contribution in [0.1, 0.15) is 24.8 Å². The molecule has 0 amide bonds. The van der Waals surface area contributed by atoms with Crippen molar-refractivity contribution in [1.29, 1.82) is 0 Å². The second-order valence-corrected chi connectivity index (χ2v) is 5.90. The zero-order valence-electron chi connectivity index (χ0n) is 11.6. The van der Waals surface area contributed by atoms with Crippen molar-refractivity contribution in [2.75, 3.05) is 31.6 Å². The fourth-order valence-electron chi connectivity index (χ4n) is 2.92. The Balaban J connectivity index is 1.84. The fraction of sp³-hybridized carbons (Fsp3) is 0.667. The van der Waals surface area contributed by atoms with Gasteiger partial charge in [0.1, 0.15) is 5.82 Å². The van der Waals surface area contributed by atoms with Crippen LogP contribution in [0.3, 0.4) is 0 Å². The Kier molecular flexibility index (Phi) is 3.71. The van der Waals surface area contributed by atoms with Crippen LogP contribution in [0.5, 0.6) is 0 Å². The maximum Gasteiger partial charge on any atom is 0.133 e. The largest absolute Gasteiger partial charge is 0.394 e. The molecule has 1 fully saturated rings. The van der Waals surface area contributed by atoms with Gasteiger partial charge in [0.05, 0.1) is 12.6 Å². The van der Waals surface area contributed by atoms with E-state index in [1.54, 1.807) is 0 Å². The first-order valence-electron chi connectivity index (χ1n) is 7.28. The van der Waals surface area contributed by atoms with E-state index >= 15 is 0 Å². The van der Waals surface area contributed by atoms with Gasteiger partial charge >= 0.3 is 0 Å². The Morgan fingerprint density at radius 2 is 2.21 bits per heavy atom. The number of anilines is 1. The van der Waals surface area contributed by atoms with Gasteiger partial charge in [0, 0.05) is 38.4 Å². The molecule has 1 aliphatic heterocycles. The molecule has 1 aliphatic carbocycles. The number of aromatic nitrogens is 1. The van der Waals surface area contributed by atoms with Crippen LogP contribution in [-0.2, 0) is 6.54 Å². The highest BCUT2D eigenvalue weighted by Gasteiger charge is 2.28. The topological polar surface area (TPSA) is 39.6 Å². The Morgan fingerprint density at radius 3 is 2.95 bits per heavy atom. The van der Waals surface area contributed by atoms with Crippen LogP contribution < -0.4 is 4.90 Å². The second kappa shape index (κ2) is 5.47. The predicted molar refractivity (Wildman–Crippen MR) is 76.1 cm³/mol. The van der Waals surface area contributed by atoms with Gasteiger partial charge in [0.2, 0.25) is 0 Å². The quantitative estimate of drug-likeness (QED) is 0.895. The molecule has 19 heavy (non-hydrogen) atoms. The third-order valence-electron chi connectivity index (χ3n) is 4.35. The number of likely N-dealkylation sites (N-methyl/N-ethyl adjacent to an activating group) is 1. The van der Waals surface area contributed by atoms with Gasteiger partial charge in [-0.05, 0) is 31.2 Å². The monoisotopic (exact) mass is 261 g/mol. The minimum absolute atomic E-state index is 0.177.